The predicted molar refractivity (Wildman–Crippen MR) is 96.5 cm³/mol. The summed E-state index contributed by atoms with van der Waals surface area (Å²) in [5.74, 6) is -1.70. The maximum Gasteiger partial charge on any atom is 0.341 e. The first-order valence-electron chi connectivity index (χ1n) is 8.60. The number of benzene rings is 1. The molecule has 0 saturated heterocycles. The lowest BCUT2D eigenvalue weighted by Gasteiger charge is -2.16. The summed E-state index contributed by atoms with van der Waals surface area (Å²) >= 11 is 0. The molecular weight excluding hydrogens is 356 g/mol. The van der Waals surface area contributed by atoms with Crippen LogP contribution in [0.15, 0.2) is 18.2 Å². The molecule has 3 N–H and O–H groups in total. The number of non-ortho nitro benzene ring substituents is 1. The van der Waals surface area contributed by atoms with E-state index in [0.717, 1.165) is 31.7 Å². The fourth-order valence-electron chi connectivity index (χ4n) is 2.82. The number of carbonyl (C=O) groups excluding carboxylic acids is 3. The number of amides is 3. The van der Waals surface area contributed by atoms with Crippen LogP contribution in [0.25, 0.3) is 0 Å². The van der Waals surface area contributed by atoms with E-state index in [-0.39, 0.29) is 17.3 Å². The van der Waals surface area contributed by atoms with Crippen LogP contribution in [0, 0.1) is 10.1 Å². The average molecular weight is 378 g/mol. The number of anilines is 1. The fraction of sp³-hybridized carbons (Fsp3) is 0.471. The second-order valence-corrected chi connectivity index (χ2v) is 6.23. The van der Waals surface area contributed by atoms with Gasteiger partial charge in [0.05, 0.1) is 10.5 Å². The normalized spacial score (nSPS) is 14.9. The van der Waals surface area contributed by atoms with Crippen molar-refractivity contribution in [2.24, 2.45) is 0 Å². The Morgan fingerprint density at radius 1 is 1.26 bits per heavy atom. The number of rotatable bonds is 6. The Labute approximate surface area is 155 Å². The molecule has 0 unspecified atom stereocenters. The molecule has 1 saturated carbocycles. The first-order valence-corrected chi connectivity index (χ1v) is 8.60. The molecule has 1 fully saturated rings. The van der Waals surface area contributed by atoms with E-state index in [0.29, 0.717) is 5.69 Å². The number of nitro groups is 1. The third-order valence-corrected chi connectivity index (χ3v) is 4.28. The summed E-state index contributed by atoms with van der Waals surface area (Å²) in [5.41, 5.74) is -0.0482. The van der Waals surface area contributed by atoms with Gasteiger partial charge in [0.2, 0.25) is 0 Å². The van der Waals surface area contributed by atoms with E-state index in [2.05, 4.69) is 16.0 Å². The third-order valence-electron chi connectivity index (χ3n) is 4.28. The van der Waals surface area contributed by atoms with Crippen LogP contribution in [0.2, 0.25) is 0 Å². The minimum Gasteiger partial charge on any atom is -0.449 e. The third kappa shape index (κ3) is 5.40. The van der Waals surface area contributed by atoms with Crippen LogP contribution in [0.5, 0.6) is 0 Å². The van der Waals surface area contributed by atoms with Crippen molar-refractivity contribution in [2.75, 3.05) is 12.4 Å². The van der Waals surface area contributed by atoms with Gasteiger partial charge in [-0.3, -0.25) is 20.2 Å². The largest absolute Gasteiger partial charge is 0.449 e. The van der Waals surface area contributed by atoms with E-state index in [4.69, 9.17) is 4.74 Å². The maximum atomic E-state index is 12.3. The van der Waals surface area contributed by atoms with Crippen molar-refractivity contribution in [1.29, 1.82) is 0 Å². The van der Waals surface area contributed by atoms with E-state index in [1.807, 2.05) is 0 Å². The summed E-state index contributed by atoms with van der Waals surface area (Å²) in [6.45, 7) is 1.31. The Morgan fingerprint density at radius 2 is 1.93 bits per heavy atom. The molecule has 2 rings (SSSR count). The molecule has 1 aromatic rings. The quantitative estimate of drug-likeness (QED) is 0.390. The van der Waals surface area contributed by atoms with E-state index in [1.54, 1.807) is 7.05 Å². The van der Waals surface area contributed by atoms with Gasteiger partial charge in [-0.15, -0.1) is 0 Å². The van der Waals surface area contributed by atoms with Gasteiger partial charge >= 0.3 is 12.0 Å². The van der Waals surface area contributed by atoms with Gasteiger partial charge in [0.25, 0.3) is 11.6 Å². The van der Waals surface area contributed by atoms with Crippen LogP contribution in [0.4, 0.5) is 16.2 Å². The van der Waals surface area contributed by atoms with E-state index in [1.165, 1.54) is 19.1 Å². The van der Waals surface area contributed by atoms with Crippen LogP contribution < -0.4 is 16.0 Å². The second-order valence-electron chi connectivity index (χ2n) is 6.23. The molecule has 1 atom stereocenters. The van der Waals surface area contributed by atoms with E-state index >= 15 is 0 Å². The van der Waals surface area contributed by atoms with Gasteiger partial charge < -0.3 is 15.4 Å². The highest BCUT2D eigenvalue weighted by atomic mass is 16.6. The molecule has 27 heavy (non-hydrogen) atoms. The fourth-order valence-corrected chi connectivity index (χ4v) is 2.82. The van der Waals surface area contributed by atoms with E-state index < -0.39 is 28.9 Å². The van der Waals surface area contributed by atoms with Crippen molar-refractivity contribution in [3.05, 3.63) is 33.9 Å². The number of carbonyl (C=O) groups is 3. The van der Waals surface area contributed by atoms with Gasteiger partial charge in [0.15, 0.2) is 6.10 Å². The highest BCUT2D eigenvalue weighted by Crippen LogP contribution is 2.23. The van der Waals surface area contributed by atoms with Crippen LogP contribution in [0.1, 0.15) is 43.0 Å². The Kier molecular flexibility index (Phi) is 6.69. The van der Waals surface area contributed by atoms with Crippen molar-refractivity contribution in [1.82, 2.24) is 10.6 Å². The minimum atomic E-state index is -1.25. The molecule has 0 bridgehead atoms. The highest BCUT2D eigenvalue weighted by molar-refractivity contribution is 6.00. The molecule has 10 nitrogen and oxygen atoms in total. The number of imide groups is 1. The predicted octanol–water partition coefficient (Wildman–Crippen LogP) is 1.95. The monoisotopic (exact) mass is 378 g/mol. The van der Waals surface area contributed by atoms with Crippen molar-refractivity contribution >= 4 is 29.3 Å². The summed E-state index contributed by atoms with van der Waals surface area (Å²) in [7, 11) is 1.54. The number of nitrogens with one attached hydrogen (secondary N) is 3. The van der Waals surface area contributed by atoms with Crippen molar-refractivity contribution in [3.63, 3.8) is 0 Å². The number of nitrogens with zero attached hydrogens (tertiary/aromatic N) is 1. The molecular formula is C17H22N4O6. The lowest BCUT2D eigenvalue weighted by Crippen LogP contribution is -2.47. The van der Waals surface area contributed by atoms with Crippen LogP contribution in [-0.2, 0) is 9.53 Å². The second kappa shape index (κ2) is 8.97. The molecule has 1 aliphatic rings. The smallest absolute Gasteiger partial charge is 0.341 e. The van der Waals surface area contributed by atoms with E-state index in [9.17, 15) is 24.5 Å². The molecule has 0 heterocycles. The molecule has 3 amide bonds. The standard InChI is InChI=1S/C17H22N4O6/c1-10(15(22)20-17(24)19-11-5-3-4-6-11)27-16(23)13-9-12(21(25)26)7-8-14(13)18-2/h7-11,18H,3-6H2,1-2H3,(H2,19,20,22,24)/t10-/m1/s1. The van der Waals surface area contributed by atoms with Gasteiger partial charge in [-0.1, -0.05) is 12.8 Å². The van der Waals surface area contributed by atoms with Crippen molar-refractivity contribution < 1.29 is 24.0 Å². The Morgan fingerprint density at radius 3 is 2.52 bits per heavy atom. The van der Waals surface area contributed by atoms with Crippen molar-refractivity contribution in [3.8, 4) is 0 Å². The van der Waals surface area contributed by atoms with Gasteiger partial charge in [-0.25, -0.2) is 9.59 Å². The van der Waals surface area contributed by atoms with Gasteiger partial charge in [-0.05, 0) is 25.8 Å². The van der Waals surface area contributed by atoms with Gasteiger partial charge in [0, 0.05) is 30.9 Å². The number of esters is 1. The average Bonchev–Trinajstić information content (AvgIpc) is 3.13. The summed E-state index contributed by atoms with van der Waals surface area (Å²) in [4.78, 5) is 46.4. The van der Waals surface area contributed by atoms with Gasteiger partial charge in [-0.2, -0.15) is 0 Å². The number of hydrogen-bond acceptors (Lipinski definition) is 7. The van der Waals surface area contributed by atoms with Gasteiger partial charge in [0.1, 0.15) is 0 Å². The molecule has 10 heteroatoms. The minimum absolute atomic E-state index is 0.0405. The zero-order valence-corrected chi connectivity index (χ0v) is 15.1. The zero-order valence-electron chi connectivity index (χ0n) is 15.1. The molecule has 0 radical (unpaired) electrons. The Bertz CT molecular complexity index is 745. The molecule has 0 aromatic heterocycles. The molecule has 0 aliphatic heterocycles. The van der Waals surface area contributed by atoms with Crippen molar-refractivity contribution in [2.45, 2.75) is 44.8 Å². The maximum absolute atomic E-state index is 12.3. The Hall–Kier alpha value is -3.17. The molecule has 146 valence electrons. The first kappa shape index (κ1) is 20.1. The molecule has 1 aliphatic carbocycles. The number of hydrogen-bond donors (Lipinski definition) is 3. The topological polar surface area (TPSA) is 140 Å². The SMILES string of the molecule is CNc1ccc([N+](=O)[O-])cc1C(=O)O[C@H](C)C(=O)NC(=O)NC1CCCC1. The summed E-state index contributed by atoms with van der Waals surface area (Å²) < 4.78 is 5.05. The number of ether oxygens (including phenoxy) is 1. The highest BCUT2D eigenvalue weighted by Gasteiger charge is 2.25. The zero-order chi connectivity index (χ0) is 20.0. The van der Waals surface area contributed by atoms with Crippen LogP contribution in [-0.4, -0.2) is 42.0 Å². The first-order chi connectivity index (χ1) is 12.8. The molecule has 1 aromatic carbocycles. The number of urea groups is 1. The summed E-state index contributed by atoms with van der Waals surface area (Å²) in [5, 5.41) is 18.4. The summed E-state index contributed by atoms with van der Waals surface area (Å²) in [6, 6.07) is 3.08. The Balaban J connectivity index is 1.97. The summed E-state index contributed by atoms with van der Waals surface area (Å²) in [6.07, 6.45) is 2.54. The molecule has 0 spiro atoms. The lowest BCUT2D eigenvalue weighted by molar-refractivity contribution is -0.384. The van der Waals surface area contributed by atoms with Crippen LogP contribution >= 0.6 is 0 Å². The van der Waals surface area contributed by atoms with Crippen LogP contribution in [0.3, 0.4) is 0 Å². The number of nitro benzene ring substituents is 1. The lowest BCUT2D eigenvalue weighted by atomic mass is 10.1.